The van der Waals surface area contributed by atoms with Crippen LogP contribution in [0.4, 0.5) is 0 Å². The van der Waals surface area contributed by atoms with Gasteiger partial charge < -0.3 is 14.2 Å². The van der Waals surface area contributed by atoms with Crippen LogP contribution in [-0.2, 0) is 19.0 Å². The van der Waals surface area contributed by atoms with Crippen LogP contribution in [0.25, 0.3) is 0 Å². The Morgan fingerprint density at radius 2 is 1.50 bits per heavy atom. The van der Waals surface area contributed by atoms with Gasteiger partial charge in [0.15, 0.2) is 0 Å². The molecule has 0 spiro atoms. The van der Waals surface area contributed by atoms with E-state index in [9.17, 15) is 4.79 Å². The monoisotopic (exact) mass is 286 g/mol. The van der Waals surface area contributed by atoms with Crippen molar-refractivity contribution in [1.29, 1.82) is 0 Å². The quantitative estimate of drug-likeness (QED) is 0.390. The van der Waals surface area contributed by atoms with Crippen LogP contribution < -0.4 is 0 Å². The van der Waals surface area contributed by atoms with Gasteiger partial charge in [0, 0.05) is 0 Å². The van der Waals surface area contributed by atoms with Crippen molar-refractivity contribution in [3.63, 3.8) is 0 Å². The lowest BCUT2D eigenvalue weighted by Crippen LogP contribution is -2.40. The van der Waals surface area contributed by atoms with Crippen LogP contribution in [0.15, 0.2) is 12.8 Å². The van der Waals surface area contributed by atoms with Gasteiger partial charge in [0.25, 0.3) is 0 Å². The predicted octanol–water partition coefficient (Wildman–Crippen LogP) is 3.41. The first kappa shape index (κ1) is 19.0. The summed E-state index contributed by atoms with van der Waals surface area (Å²) in [5, 5.41) is 0. The molecule has 0 bridgehead atoms. The Balaban J connectivity index is 4.14. The summed E-state index contributed by atoms with van der Waals surface area (Å²) in [5.41, 5.74) is -0.262. The molecule has 0 saturated carbocycles. The molecule has 0 heterocycles. The summed E-state index contributed by atoms with van der Waals surface area (Å²) in [4.78, 5) is 12.3. The fraction of sp³-hybridized carbons (Fsp3) is 0.812. The Kier molecular flexibility index (Phi) is 7.87. The van der Waals surface area contributed by atoms with Gasteiger partial charge in [-0.1, -0.05) is 48.1 Å². The molecule has 0 aliphatic rings. The molecule has 4 heteroatoms. The van der Waals surface area contributed by atoms with Crippen LogP contribution in [-0.4, -0.2) is 32.4 Å². The fourth-order valence-electron chi connectivity index (χ4n) is 2.58. The molecule has 0 saturated heterocycles. The van der Waals surface area contributed by atoms with Crippen molar-refractivity contribution in [3.8, 4) is 0 Å². The van der Waals surface area contributed by atoms with Crippen molar-refractivity contribution in [1.82, 2.24) is 0 Å². The minimum absolute atomic E-state index is 0.131. The van der Waals surface area contributed by atoms with Gasteiger partial charge in [-0.2, -0.15) is 0 Å². The van der Waals surface area contributed by atoms with Crippen molar-refractivity contribution in [3.05, 3.63) is 12.8 Å². The maximum Gasteiger partial charge on any atom is 0.310 e. The van der Waals surface area contributed by atoms with Crippen LogP contribution >= 0.6 is 0 Å². The van der Waals surface area contributed by atoms with E-state index >= 15 is 0 Å². The zero-order chi connectivity index (χ0) is 15.8. The summed E-state index contributed by atoms with van der Waals surface area (Å²) in [6.07, 6.45) is 1.38. The standard InChI is InChI=1S/C16H30O4/c1-8-18-9-10-19-11-12-20-14(17)13(15(2,3)4)16(5,6)7/h8,13H,1,9-12H2,2-7H3. The van der Waals surface area contributed by atoms with E-state index in [-0.39, 0.29) is 29.3 Å². The molecule has 0 fully saturated rings. The van der Waals surface area contributed by atoms with Gasteiger partial charge in [0.2, 0.25) is 0 Å². The summed E-state index contributed by atoms with van der Waals surface area (Å²) < 4.78 is 15.5. The molecule has 0 aromatic heterocycles. The molecule has 118 valence electrons. The van der Waals surface area contributed by atoms with Gasteiger partial charge in [-0.3, -0.25) is 4.79 Å². The Labute approximate surface area is 123 Å². The summed E-state index contributed by atoms with van der Waals surface area (Å²) in [5.74, 6) is -0.310. The highest BCUT2D eigenvalue weighted by molar-refractivity contribution is 5.74. The number of rotatable bonds is 8. The lowest BCUT2D eigenvalue weighted by Gasteiger charge is -2.38. The van der Waals surface area contributed by atoms with Gasteiger partial charge in [-0.15, -0.1) is 0 Å². The van der Waals surface area contributed by atoms with E-state index in [0.29, 0.717) is 19.8 Å². The normalized spacial score (nSPS) is 12.3. The molecule has 0 aromatic rings. The Morgan fingerprint density at radius 1 is 1.00 bits per heavy atom. The Morgan fingerprint density at radius 3 is 1.95 bits per heavy atom. The summed E-state index contributed by atoms with van der Waals surface area (Å²) in [7, 11) is 0. The zero-order valence-corrected chi connectivity index (χ0v) is 13.8. The summed E-state index contributed by atoms with van der Waals surface area (Å²) in [6.45, 7) is 17.4. The van der Waals surface area contributed by atoms with E-state index in [1.165, 1.54) is 6.26 Å². The SMILES string of the molecule is C=COCCOCCOC(=O)C(C(C)(C)C)C(C)(C)C. The zero-order valence-electron chi connectivity index (χ0n) is 13.8. The van der Waals surface area contributed by atoms with Gasteiger partial charge in [0.05, 0.1) is 25.4 Å². The summed E-state index contributed by atoms with van der Waals surface area (Å²) in [6, 6.07) is 0. The molecule has 0 amide bonds. The minimum Gasteiger partial charge on any atom is -0.499 e. The smallest absolute Gasteiger partial charge is 0.310 e. The summed E-state index contributed by atoms with van der Waals surface area (Å²) >= 11 is 0. The molecule has 0 radical (unpaired) electrons. The average molecular weight is 286 g/mol. The van der Waals surface area contributed by atoms with E-state index in [4.69, 9.17) is 14.2 Å². The number of esters is 1. The van der Waals surface area contributed by atoms with E-state index < -0.39 is 0 Å². The maximum absolute atomic E-state index is 12.3. The molecule has 0 atom stereocenters. The molecule has 0 aliphatic carbocycles. The number of carbonyl (C=O) groups is 1. The van der Waals surface area contributed by atoms with Crippen LogP contribution in [0.5, 0.6) is 0 Å². The van der Waals surface area contributed by atoms with E-state index in [1.807, 2.05) is 0 Å². The van der Waals surface area contributed by atoms with Crippen LogP contribution in [0.2, 0.25) is 0 Å². The van der Waals surface area contributed by atoms with E-state index in [1.54, 1.807) is 0 Å². The molecule has 20 heavy (non-hydrogen) atoms. The van der Waals surface area contributed by atoms with Crippen molar-refractivity contribution >= 4 is 5.97 Å². The van der Waals surface area contributed by atoms with Crippen molar-refractivity contribution in [2.45, 2.75) is 41.5 Å². The van der Waals surface area contributed by atoms with Crippen molar-refractivity contribution < 1.29 is 19.0 Å². The predicted molar refractivity (Wildman–Crippen MR) is 80.3 cm³/mol. The molecule has 0 aliphatic heterocycles. The van der Waals surface area contributed by atoms with Crippen LogP contribution in [0, 0.1) is 16.7 Å². The number of hydrogen-bond acceptors (Lipinski definition) is 4. The third kappa shape index (κ3) is 7.53. The largest absolute Gasteiger partial charge is 0.499 e. The molecule has 0 rings (SSSR count). The van der Waals surface area contributed by atoms with Crippen LogP contribution in [0.3, 0.4) is 0 Å². The second-order valence-electron chi connectivity index (χ2n) is 6.98. The molecule has 0 aromatic carbocycles. The number of hydrogen-bond donors (Lipinski definition) is 0. The topological polar surface area (TPSA) is 44.8 Å². The number of ether oxygens (including phenoxy) is 3. The maximum atomic E-state index is 12.3. The third-order valence-electron chi connectivity index (χ3n) is 2.90. The van der Waals surface area contributed by atoms with Crippen LogP contribution in [0.1, 0.15) is 41.5 Å². The van der Waals surface area contributed by atoms with Gasteiger partial charge >= 0.3 is 5.97 Å². The van der Waals surface area contributed by atoms with Crippen molar-refractivity contribution in [2.75, 3.05) is 26.4 Å². The average Bonchev–Trinajstić information content (AvgIpc) is 2.23. The number of carbonyl (C=O) groups excluding carboxylic acids is 1. The Bertz CT molecular complexity index is 283. The Hall–Kier alpha value is -1.03. The third-order valence-corrected chi connectivity index (χ3v) is 2.90. The molecule has 0 N–H and O–H groups in total. The van der Waals surface area contributed by atoms with Gasteiger partial charge in [-0.25, -0.2) is 0 Å². The second-order valence-corrected chi connectivity index (χ2v) is 6.98. The highest BCUT2D eigenvalue weighted by atomic mass is 16.6. The molecule has 0 unspecified atom stereocenters. The minimum atomic E-state index is -0.157. The highest BCUT2D eigenvalue weighted by Crippen LogP contribution is 2.40. The first-order chi connectivity index (χ1) is 9.10. The second kappa shape index (κ2) is 8.30. The van der Waals surface area contributed by atoms with E-state index in [0.717, 1.165) is 0 Å². The lowest BCUT2D eigenvalue weighted by molar-refractivity contribution is -0.159. The fourth-order valence-corrected chi connectivity index (χ4v) is 2.58. The molecule has 4 nitrogen and oxygen atoms in total. The molecular formula is C16H30O4. The van der Waals surface area contributed by atoms with Crippen molar-refractivity contribution in [2.24, 2.45) is 16.7 Å². The highest BCUT2D eigenvalue weighted by Gasteiger charge is 2.41. The molecular weight excluding hydrogens is 256 g/mol. The first-order valence-corrected chi connectivity index (χ1v) is 7.07. The first-order valence-electron chi connectivity index (χ1n) is 7.07. The lowest BCUT2D eigenvalue weighted by atomic mass is 9.67. The van der Waals surface area contributed by atoms with Gasteiger partial charge in [0.1, 0.15) is 13.2 Å². The van der Waals surface area contributed by atoms with Gasteiger partial charge in [-0.05, 0) is 10.8 Å². The van der Waals surface area contributed by atoms with E-state index in [2.05, 4.69) is 48.1 Å².